The van der Waals surface area contributed by atoms with Crippen LogP contribution in [0, 0.1) is 5.41 Å². The zero-order valence-electron chi connectivity index (χ0n) is 21.9. The number of esters is 2. The number of Topliss-reactive ketones (excluding diaryl/α,β-unsaturated/α-hetero) is 1. The average molecular weight is 515 g/mol. The van der Waals surface area contributed by atoms with Crippen LogP contribution in [-0.2, 0) is 23.9 Å². The Morgan fingerprint density at radius 2 is 1.18 bits per heavy atom. The molecule has 38 heavy (non-hydrogen) atoms. The van der Waals surface area contributed by atoms with Crippen LogP contribution in [0.2, 0.25) is 0 Å². The molecule has 0 bridgehead atoms. The summed E-state index contributed by atoms with van der Waals surface area (Å²) in [5, 5.41) is 0. The van der Waals surface area contributed by atoms with Crippen molar-refractivity contribution in [3.8, 4) is 22.6 Å². The topological polar surface area (TPSA) is 88.1 Å². The zero-order chi connectivity index (χ0) is 27.1. The van der Waals surface area contributed by atoms with Gasteiger partial charge in [-0.15, -0.1) is 0 Å². The van der Waals surface area contributed by atoms with E-state index in [0.29, 0.717) is 17.1 Å². The third-order valence-electron chi connectivity index (χ3n) is 7.52. The molecule has 0 amide bonds. The Labute approximate surface area is 221 Å². The molecule has 0 radical (unpaired) electrons. The van der Waals surface area contributed by atoms with Crippen LogP contribution in [0.25, 0.3) is 11.1 Å². The second-order valence-electron chi connectivity index (χ2n) is 10.2. The SMILES string of the molecule is COc1cc(OC)cc(-c2ccc([C@@H]3CC(=O)C[C@H](c4ccccc4)C34C(=O)OC(C)(C)OC4=O)cc2)c1. The van der Waals surface area contributed by atoms with Gasteiger partial charge in [-0.05, 0) is 34.4 Å². The van der Waals surface area contributed by atoms with Crippen molar-refractivity contribution in [2.75, 3.05) is 14.2 Å². The summed E-state index contributed by atoms with van der Waals surface area (Å²) >= 11 is 0. The van der Waals surface area contributed by atoms with Gasteiger partial charge in [-0.2, -0.15) is 0 Å². The third-order valence-corrected chi connectivity index (χ3v) is 7.52. The highest BCUT2D eigenvalue weighted by Gasteiger charge is 2.67. The predicted molar refractivity (Wildman–Crippen MR) is 140 cm³/mol. The first-order valence-electron chi connectivity index (χ1n) is 12.5. The molecule has 1 saturated carbocycles. The summed E-state index contributed by atoms with van der Waals surface area (Å²) in [6, 6.07) is 22.3. The van der Waals surface area contributed by atoms with E-state index in [1.165, 1.54) is 13.8 Å². The molecule has 7 heteroatoms. The highest BCUT2D eigenvalue weighted by atomic mass is 16.7. The molecule has 1 heterocycles. The van der Waals surface area contributed by atoms with Crippen molar-refractivity contribution in [2.45, 2.75) is 44.3 Å². The molecule has 0 aromatic heterocycles. The fraction of sp³-hybridized carbons (Fsp3) is 0.323. The van der Waals surface area contributed by atoms with E-state index < -0.39 is 35.0 Å². The van der Waals surface area contributed by atoms with E-state index in [1.54, 1.807) is 20.3 Å². The molecular formula is C31H30O7. The Kier molecular flexibility index (Phi) is 6.47. The van der Waals surface area contributed by atoms with Crippen molar-refractivity contribution in [1.29, 1.82) is 0 Å². The van der Waals surface area contributed by atoms with E-state index >= 15 is 0 Å². The van der Waals surface area contributed by atoms with Gasteiger partial charge in [0.15, 0.2) is 5.41 Å². The number of ether oxygens (including phenoxy) is 4. The van der Waals surface area contributed by atoms with Crippen LogP contribution in [0.15, 0.2) is 72.8 Å². The minimum absolute atomic E-state index is 0.0264. The standard InChI is InChI=1S/C31H30O7/c1-30(2)37-28(33)31(29(34)38-30)26(20-8-6-5-7-9-20)16-23(32)17-27(31)21-12-10-19(11-13-21)22-14-24(35-3)18-25(15-22)36-4/h5-15,18,26-27H,16-17H2,1-4H3/t26-,27+/m1/s1. The summed E-state index contributed by atoms with van der Waals surface area (Å²) in [6.07, 6.45) is 0.0765. The quantitative estimate of drug-likeness (QED) is 0.332. The first-order chi connectivity index (χ1) is 18.2. The molecule has 2 fully saturated rings. The molecule has 0 N–H and O–H groups in total. The van der Waals surface area contributed by atoms with Crippen LogP contribution >= 0.6 is 0 Å². The molecule has 196 valence electrons. The molecule has 1 saturated heterocycles. The van der Waals surface area contributed by atoms with Crippen LogP contribution in [0.4, 0.5) is 0 Å². The van der Waals surface area contributed by atoms with Crippen molar-refractivity contribution >= 4 is 17.7 Å². The van der Waals surface area contributed by atoms with Crippen LogP contribution in [0.1, 0.15) is 49.7 Å². The lowest BCUT2D eigenvalue weighted by molar-refractivity contribution is -0.256. The average Bonchev–Trinajstić information content (AvgIpc) is 2.91. The Hall–Kier alpha value is -4.13. The summed E-state index contributed by atoms with van der Waals surface area (Å²) in [5.74, 6) is -2.89. The maximum Gasteiger partial charge on any atom is 0.328 e. The minimum Gasteiger partial charge on any atom is -0.497 e. The van der Waals surface area contributed by atoms with Gasteiger partial charge in [0.2, 0.25) is 0 Å². The Morgan fingerprint density at radius 3 is 1.68 bits per heavy atom. The second-order valence-corrected chi connectivity index (χ2v) is 10.2. The number of methoxy groups -OCH3 is 2. The van der Waals surface area contributed by atoms with Gasteiger partial charge in [0.1, 0.15) is 17.3 Å². The first-order valence-corrected chi connectivity index (χ1v) is 12.5. The maximum atomic E-state index is 13.8. The lowest BCUT2D eigenvalue weighted by Crippen LogP contribution is -2.61. The number of cyclic esters (lactones) is 2. The zero-order valence-corrected chi connectivity index (χ0v) is 21.9. The molecule has 5 rings (SSSR count). The number of rotatable bonds is 5. The molecule has 1 aliphatic heterocycles. The second kappa shape index (κ2) is 9.63. The number of carbonyl (C=O) groups excluding carboxylic acids is 3. The fourth-order valence-corrected chi connectivity index (χ4v) is 5.72. The van der Waals surface area contributed by atoms with Gasteiger partial charge in [0.05, 0.1) is 14.2 Å². The van der Waals surface area contributed by atoms with E-state index in [4.69, 9.17) is 18.9 Å². The van der Waals surface area contributed by atoms with Gasteiger partial charge in [0, 0.05) is 44.6 Å². The van der Waals surface area contributed by atoms with Gasteiger partial charge < -0.3 is 18.9 Å². The Bertz CT molecular complexity index is 1330. The van der Waals surface area contributed by atoms with Crippen LogP contribution in [0.3, 0.4) is 0 Å². The maximum absolute atomic E-state index is 13.8. The van der Waals surface area contributed by atoms with E-state index in [0.717, 1.165) is 16.7 Å². The summed E-state index contributed by atoms with van der Waals surface area (Å²) in [4.78, 5) is 40.8. The first kappa shape index (κ1) is 25.5. The molecule has 1 aliphatic carbocycles. The number of ketones is 1. The molecule has 2 aliphatic rings. The van der Waals surface area contributed by atoms with E-state index in [2.05, 4.69) is 0 Å². The highest BCUT2D eigenvalue weighted by molar-refractivity contribution is 6.06. The van der Waals surface area contributed by atoms with E-state index in [1.807, 2.05) is 66.7 Å². The van der Waals surface area contributed by atoms with Crippen LogP contribution < -0.4 is 9.47 Å². The molecule has 2 atom stereocenters. The summed E-state index contributed by atoms with van der Waals surface area (Å²) in [6.45, 7) is 3.07. The van der Waals surface area contributed by atoms with E-state index in [9.17, 15) is 14.4 Å². The number of hydrogen-bond acceptors (Lipinski definition) is 7. The normalized spacial score (nSPS) is 21.9. The largest absolute Gasteiger partial charge is 0.497 e. The summed E-state index contributed by atoms with van der Waals surface area (Å²) in [5.41, 5.74) is 1.48. The number of benzene rings is 3. The lowest BCUT2D eigenvalue weighted by Gasteiger charge is -2.49. The van der Waals surface area contributed by atoms with Crippen molar-refractivity contribution in [3.63, 3.8) is 0 Å². The Balaban J connectivity index is 1.62. The minimum atomic E-state index is -1.69. The van der Waals surface area contributed by atoms with Crippen LogP contribution in [-0.4, -0.2) is 37.7 Å². The smallest absolute Gasteiger partial charge is 0.328 e. The van der Waals surface area contributed by atoms with Crippen LogP contribution in [0.5, 0.6) is 11.5 Å². The molecule has 3 aromatic carbocycles. The van der Waals surface area contributed by atoms with Crippen molar-refractivity contribution in [1.82, 2.24) is 0 Å². The van der Waals surface area contributed by atoms with Gasteiger partial charge in [-0.25, -0.2) is 0 Å². The van der Waals surface area contributed by atoms with E-state index in [-0.39, 0.29) is 18.6 Å². The van der Waals surface area contributed by atoms with Crippen molar-refractivity contribution < 1.29 is 33.3 Å². The lowest BCUT2D eigenvalue weighted by atomic mass is 9.55. The number of carbonyl (C=O) groups is 3. The molecule has 0 unspecified atom stereocenters. The third kappa shape index (κ3) is 4.32. The summed E-state index contributed by atoms with van der Waals surface area (Å²) in [7, 11) is 3.18. The highest BCUT2D eigenvalue weighted by Crippen LogP contribution is 2.57. The van der Waals surface area contributed by atoms with Gasteiger partial charge in [0.25, 0.3) is 5.79 Å². The van der Waals surface area contributed by atoms with Crippen molar-refractivity contribution in [2.24, 2.45) is 5.41 Å². The molecule has 7 nitrogen and oxygen atoms in total. The molecular weight excluding hydrogens is 484 g/mol. The van der Waals surface area contributed by atoms with Gasteiger partial charge >= 0.3 is 11.9 Å². The number of hydrogen-bond donors (Lipinski definition) is 0. The van der Waals surface area contributed by atoms with Gasteiger partial charge in [-0.3, -0.25) is 14.4 Å². The van der Waals surface area contributed by atoms with Gasteiger partial charge in [-0.1, -0.05) is 54.6 Å². The Morgan fingerprint density at radius 1 is 0.684 bits per heavy atom. The fourth-order valence-electron chi connectivity index (χ4n) is 5.72. The van der Waals surface area contributed by atoms with Crippen molar-refractivity contribution in [3.05, 3.63) is 83.9 Å². The predicted octanol–water partition coefficient (Wildman–Crippen LogP) is 5.42. The monoisotopic (exact) mass is 514 g/mol. The molecule has 1 spiro atoms. The summed E-state index contributed by atoms with van der Waals surface area (Å²) < 4.78 is 22.2. The molecule has 3 aromatic rings.